The second-order valence-corrected chi connectivity index (χ2v) is 4.31. The molecule has 3 N–H and O–H groups in total. The van der Waals surface area contributed by atoms with Gasteiger partial charge in [0.1, 0.15) is 19.0 Å². The fraction of sp³-hybridized carbons (Fsp3) is 0.118. The Balaban J connectivity index is 2.12. The summed E-state index contributed by atoms with van der Waals surface area (Å²) in [4.78, 5) is 11.3. The third-order valence-corrected chi connectivity index (χ3v) is 2.79. The van der Waals surface area contributed by atoms with Gasteiger partial charge in [0.05, 0.1) is 5.56 Å². The molecule has 0 unspecified atom stereocenters. The average Bonchev–Trinajstić information content (AvgIpc) is 2.51. The molecule has 2 aromatic carbocycles. The van der Waals surface area contributed by atoms with Crippen LogP contribution in [0.2, 0.25) is 0 Å². The Kier molecular flexibility index (Phi) is 4.97. The van der Waals surface area contributed by atoms with E-state index in [1.165, 1.54) is 0 Å². The molecule has 0 fully saturated rings. The van der Waals surface area contributed by atoms with Crippen LogP contribution in [0, 0.1) is 11.8 Å². The van der Waals surface area contributed by atoms with Crippen molar-refractivity contribution >= 4 is 5.91 Å². The van der Waals surface area contributed by atoms with Crippen molar-refractivity contribution < 1.29 is 14.6 Å². The molecule has 0 spiro atoms. The second kappa shape index (κ2) is 7.13. The quantitative estimate of drug-likeness (QED) is 0.838. The van der Waals surface area contributed by atoms with Gasteiger partial charge in [-0.05, 0) is 29.8 Å². The van der Waals surface area contributed by atoms with Crippen molar-refractivity contribution in [2.45, 2.75) is 6.61 Å². The lowest BCUT2D eigenvalue weighted by molar-refractivity contribution is 0.0996. The Hall–Kier alpha value is -2.77. The van der Waals surface area contributed by atoms with Crippen LogP contribution in [0.25, 0.3) is 0 Å². The molecule has 0 atom stereocenters. The summed E-state index contributed by atoms with van der Waals surface area (Å²) in [5, 5.41) is 8.69. The van der Waals surface area contributed by atoms with Gasteiger partial charge in [-0.25, -0.2) is 0 Å². The van der Waals surface area contributed by atoms with Gasteiger partial charge in [0.2, 0.25) is 0 Å². The van der Waals surface area contributed by atoms with Crippen molar-refractivity contribution in [2.75, 3.05) is 6.61 Å². The molecule has 2 aromatic rings. The largest absolute Gasteiger partial charge is 0.488 e. The molecular weight excluding hydrogens is 266 g/mol. The molecule has 0 aliphatic rings. The second-order valence-electron chi connectivity index (χ2n) is 4.31. The maximum absolute atomic E-state index is 11.3. The van der Waals surface area contributed by atoms with Crippen molar-refractivity contribution in [1.82, 2.24) is 0 Å². The number of aliphatic hydroxyl groups is 1. The van der Waals surface area contributed by atoms with E-state index < -0.39 is 5.91 Å². The van der Waals surface area contributed by atoms with Crippen LogP contribution in [0.3, 0.4) is 0 Å². The molecule has 4 nitrogen and oxygen atoms in total. The lowest BCUT2D eigenvalue weighted by atomic mass is 10.1. The van der Waals surface area contributed by atoms with Gasteiger partial charge in [0.15, 0.2) is 0 Å². The topological polar surface area (TPSA) is 72.6 Å². The zero-order valence-corrected chi connectivity index (χ0v) is 11.4. The van der Waals surface area contributed by atoms with Gasteiger partial charge < -0.3 is 15.6 Å². The zero-order chi connectivity index (χ0) is 15.1. The first-order chi connectivity index (χ1) is 10.2. The van der Waals surface area contributed by atoms with E-state index in [0.29, 0.717) is 17.9 Å². The monoisotopic (exact) mass is 281 g/mol. The Bertz CT molecular complexity index is 698. The number of para-hydroxylation sites is 1. The highest BCUT2D eigenvalue weighted by Gasteiger charge is 2.08. The van der Waals surface area contributed by atoms with E-state index in [1.807, 2.05) is 24.3 Å². The summed E-state index contributed by atoms with van der Waals surface area (Å²) >= 11 is 0. The summed E-state index contributed by atoms with van der Waals surface area (Å²) in [7, 11) is 0. The number of carbonyl (C=O) groups is 1. The number of hydrogen-bond donors (Lipinski definition) is 2. The number of benzene rings is 2. The van der Waals surface area contributed by atoms with Crippen LogP contribution in [0.4, 0.5) is 0 Å². The first-order valence-corrected chi connectivity index (χ1v) is 6.41. The minimum Gasteiger partial charge on any atom is -0.488 e. The number of amides is 1. The molecule has 0 radical (unpaired) electrons. The number of primary amides is 1. The van der Waals surface area contributed by atoms with Gasteiger partial charge in [-0.2, -0.15) is 0 Å². The van der Waals surface area contributed by atoms with E-state index in [9.17, 15) is 4.79 Å². The predicted octanol–water partition coefficient (Wildman–Crippen LogP) is 1.71. The lowest BCUT2D eigenvalue weighted by Crippen LogP contribution is -2.12. The number of aliphatic hydroxyl groups excluding tert-OH is 1. The van der Waals surface area contributed by atoms with Crippen LogP contribution in [-0.2, 0) is 6.61 Å². The predicted molar refractivity (Wildman–Crippen MR) is 79.7 cm³/mol. The van der Waals surface area contributed by atoms with E-state index >= 15 is 0 Å². The molecule has 0 saturated carbocycles. The molecule has 106 valence electrons. The van der Waals surface area contributed by atoms with Crippen molar-refractivity contribution in [3.63, 3.8) is 0 Å². The fourth-order valence-corrected chi connectivity index (χ4v) is 1.84. The summed E-state index contributed by atoms with van der Waals surface area (Å²) in [5.41, 5.74) is 7.37. The van der Waals surface area contributed by atoms with Crippen molar-refractivity contribution in [2.24, 2.45) is 5.73 Å². The number of hydrogen-bond acceptors (Lipinski definition) is 3. The molecular formula is C17H15NO3. The van der Waals surface area contributed by atoms with E-state index in [0.717, 1.165) is 11.1 Å². The van der Waals surface area contributed by atoms with Gasteiger partial charge in [0.25, 0.3) is 5.91 Å². The maximum atomic E-state index is 11.3. The van der Waals surface area contributed by atoms with Crippen LogP contribution in [0.5, 0.6) is 5.75 Å². The minimum atomic E-state index is -0.520. The number of ether oxygens (including phenoxy) is 1. The molecule has 1 amide bonds. The van der Waals surface area contributed by atoms with Crippen molar-refractivity contribution in [1.29, 1.82) is 0 Å². The molecule has 0 bridgehead atoms. The van der Waals surface area contributed by atoms with Gasteiger partial charge >= 0.3 is 0 Å². The fourth-order valence-electron chi connectivity index (χ4n) is 1.84. The normalized spacial score (nSPS) is 9.57. The Morgan fingerprint density at radius 2 is 2.00 bits per heavy atom. The summed E-state index contributed by atoms with van der Waals surface area (Å²) in [5.74, 6) is 5.36. The average molecular weight is 281 g/mol. The highest BCUT2D eigenvalue weighted by atomic mass is 16.5. The van der Waals surface area contributed by atoms with Gasteiger partial charge in [-0.15, -0.1) is 0 Å². The van der Waals surface area contributed by atoms with Crippen LogP contribution in [0.15, 0.2) is 48.5 Å². The first-order valence-electron chi connectivity index (χ1n) is 6.41. The lowest BCUT2D eigenvalue weighted by Gasteiger charge is -2.09. The van der Waals surface area contributed by atoms with E-state index in [1.54, 1.807) is 24.3 Å². The van der Waals surface area contributed by atoms with Gasteiger partial charge in [0, 0.05) is 5.56 Å². The first kappa shape index (κ1) is 14.6. The molecule has 0 saturated heterocycles. The summed E-state index contributed by atoms with van der Waals surface area (Å²) in [6.45, 7) is 0.131. The summed E-state index contributed by atoms with van der Waals surface area (Å²) in [6, 6.07) is 14.3. The minimum absolute atomic E-state index is 0.174. The third kappa shape index (κ3) is 4.10. The SMILES string of the molecule is NC(=O)c1ccccc1OCc1cccc(C#CCO)c1. The Morgan fingerprint density at radius 1 is 1.19 bits per heavy atom. The van der Waals surface area contributed by atoms with E-state index in [2.05, 4.69) is 11.8 Å². The highest BCUT2D eigenvalue weighted by Crippen LogP contribution is 2.19. The van der Waals surface area contributed by atoms with Crippen LogP contribution in [0.1, 0.15) is 21.5 Å². The van der Waals surface area contributed by atoms with Crippen LogP contribution >= 0.6 is 0 Å². The third-order valence-electron chi connectivity index (χ3n) is 2.79. The maximum Gasteiger partial charge on any atom is 0.252 e. The Labute approximate surface area is 123 Å². The molecule has 0 aromatic heterocycles. The van der Waals surface area contributed by atoms with Gasteiger partial charge in [-0.3, -0.25) is 4.79 Å². The molecule has 0 aliphatic carbocycles. The Morgan fingerprint density at radius 3 is 2.76 bits per heavy atom. The highest BCUT2D eigenvalue weighted by molar-refractivity contribution is 5.95. The van der Waals surface area contributed by atoms with Gasteiger partial charge in [-0.1, -0.05) is 36.1 Å². The van der Waals surface area contributed by atoms with E-state index in [4.69, 9.17) is 15.6 Å². The molecule has 4 heteroatoms. The number of rotatable bonds is 4. The standard InChI is InChI=1S/C17H15NO3/c18-17(20)15-8-1-2-9-16(15)21-12-14-6-3-5-13(11-14)7-4-10-19/h1-3,5-6,8-9,11,19H,10,12H2,(H2,18,20). The molecule has 0 heterocycles. The smallest absolute Gasteiger partial charge is 0.252 e. The summed E-state index contributed by atoms with van der Waals surface area (Å²) in [6.07, 6.45) is 0. The van der Waals surface area contributed by atoms with Crippen LogP contribution in [-0.4, -0.2) is 17.6 Å². The molecule has 2 rings (SSSR count). The van der Waals surface area contributed by atoms with Crippen molar-refractivity contribution in [3.05, 3.63) is 65.2 Å². The summed E-state index contributed by atoms with van der Waals surface area (Å²) < 4.78 is 5.65. The number of carbonyl (C=O) groups excluding carboxylic acids is 1. The molecule has 21 heavy (non-hydrogen) atoms. The number of nitrogens with two attached hydrogens (primary N) is 1. The zero-order valence-electron chi connectivity index (χ0n) is 11.4. The molecule has 0 aliphatic heterocycles. The van der Waals surface area contributed by atoms with Crippen LogP contribution < -0.4 is 10.5 Å². The van der Waals surface area contributed by atoms with Crippen molar-refractivity contribution in [3.8, 4) is 17.6 Å². The van der Waals surface area contributed by atoms with E-state index in [-0.39, 0.29) is 6.61 Å².